The van der Waals surface area contributed by atoms with E-state index in [2.05, 4.69) is 84.7 Å². The minimum absolute atomic E-state index is 0.307. The Bertz CT molecular complexity index is 353. The molecule has 0 aromatic rings. The van der Waals surface area contributed by atoms with E-state index in [-0.39, 0.29) is 0 Å². The summed E-state index contributed by atoms with van der Waals surface area (Å²) >= 11 is 4.60. The van der Waals surface area contributed by atoms with Crippen LogP contribution in [0.2, 0.25) is 0 Å². The molecule has 0 amide bonds. The molecule has 0 heterocycles. The Morgan fingerprint density at radius 2 is 0.769 bits per heavy atom. The van der Waals surface area contributed by atoms with Crippen LogP contribution >= 0.6 is 20.8 Å². The van der Waals surface area contributed by atoms with Gasteiger partial charge in [-0.25, -0.2) is 0 Å². The van der Waals surface area contributed by atoms with Gasteiger partial charge in [0.2, 0.25) is 0 Å². The van der Waals surface area contributed by atoms with Crippen molar-refractivity contribution >= 4 is 20.8 Å². The Kier molecular flexibility index (Phi) is 10.4. The van der Waals surface area contributed by atoms with E-state index in [4.69, 9.17) is 0 Å². The molecule has 0 N–H and O–H groups in total. The fourth-order valence-electron chi connectivity index (χ4n) is 5.92. The van der Waals surface area contributed by atoms with Crippen molar-refractivity contribution in [2.45, 2.75) is 149 Å². The molecule has 0 atom stereocenters. The Morgan fingerprint density at radius 3 is 1.04 bits per heavy atom. The molecule has 2 heteroatoms. The van der Waals surface area contributed by atoms with Gasteiger partial charge in [0.15, 0.2) is 0 Å². The molecule has 0 aliphatic heterocycles. The summed E-state index contributed by atoms with van der Waals surface area (Å²) in [5.41, 5.74) is 0. The maximum absolute atomic E-state index is 4.60. The summed E-state index contributed by atoms with van der Waals surface area (Å²) in [6.07, 6.45) is 15.6. The van der Waals surface area contributed by atoms with Crippen LogP contribution in [0, 0.1) is 0 Å². The molecule has 26 heavy (non-hydrogen) atoms. The zero-order valence-corrected chi connectivity index (χ0v) is 22.6. The van der Waals surface area contributed by atoms with Gasteiger partial charge in [0, 0.05) is 0 Å². The number of hydrogen-bond acceptors (Lipinski definition) is 0. The predicted molar refractivity (Wildman–Crippen MR) is 132 cm³/mol. The third-order valence-corrected chi connectivity index (χ3v) is 27.3. The molecule has 160 valence electrons. The molecule has 0 aliphatic rings. The molecule has 0 rings (SSSR count). The number of halogens is 1. The van der Waals surface area contributed by atoms with E-state index in [0.717, 1.165) is 0 Å². The molecule has 0 aromatic carbocycles. The molecule has 0 saturated heterocycles. The van der Waals surface area contributed by atoms with Crippen LogP contribution in [-0.2, 0) is 0 Å². The van der Waals surface area contributed by atoms with Crippen LogP contribution in [0.1, 0.15) is 133 Å². The summed E-state index contributed by atoms with van der Waals surface area (Å²) in [5.74, 6) is 0. The van der Waals surface area contributed by atoms with Crippen LogP contribution in [-0.4, -0.2) is 21.6 Å². The van der Waals surface area contributed by atoms with Crippen molar-refractivity contribution in [3.05, 3.63) is 0 Å². The van der Waals surface area contributed by atoms with Gasteiger partial charge in [-0.1, -0.05) is 0 Å². The summed E-state index contributed by atoms with van der Waals surface area (Å²) in [6.45, 7) is 24.7. The molecular weight excluding hydrogens is 399 g/mol. The molecular formula is C24H52BrP. The Hall–Kier alpha value is 0.910. The van der Waals surface area contributed by atoms with E-state index in [0.29, 0.717) is 15.5 Å². The third kappa shape index (κ3) is 5.49. The van der Waals surface area contributed by atoms with E-state index < -0.39 is 5.31 Å². The van der Waals surface area contributed by atoms with E-state index in [1.54, 1.807) is 0 Å². The maximum atomic E-state index is 4.60. The summed E-state index contributed by atoms with van der Waals surface area (Å²) in [4.78, 5) is 0. The van der Waals surface area contributed by atoms with Crippen LogP contribution in [0.5, 0.6) is 0 Å². The molecule has 0 bridgehead atoms. The SMILES string of the molecule is CCCCCCCCCCCCP(Br)(C(C)(C)C)(C(C)(C)C)C(C)(C)C. The molecule has 0 radical (unpaired) electrons. The van der Waals surface area contributed by atoms with Crippen LogP contribution < -0.4 is 0 Å². The zero-order valence-electron chi connectivity index (χ0n) is 20.1. The van der Waals surface area contributed by atoms with Gasteiger partial charge in [0.1, 0.15) is 0 Å². The Balaban J connectivity index is 4.77. The first-order chi connectivity index (χ1) is 11.6. The number of hydrogen-bond donors (Lipinski definition) is 0. The molecule has 0 nitrogen and oxygen atoms in total. The molecule has 0 fully saturated rings. The second-order valence-electron chi connectivity index (χ2n) is 11.6. The summed E-state index contributed by atoms with van der Waals surface area (Å²) in [5, 5.41) is -1.26. The zero-order chi connectivity index (χ0) is 20.7. The molecule has 0 spiro atoms. The molecule has 0 unspecified atom stereocenters. The van der Waals surface area contributed by atoms with Gasteiger partial charge in [-0.15, -0.1) is 0 Å². The van der Waals surface area contributed by atoms with Gasteiger partial charge in [-0.05, 0) is 0 Å². The van der Waals surface area contributed by atoms with Crippen molar-refractivity contribution in [3.63, 3.8) is 0 Å². The van der Waals surface area contributed by atoms with Crippen molar-refractivity contribution in [3.8, 4) is 0 Å². The summed E-state index contributed by atoms with van der Waals surface area (Å²) in [6, 6.07) is 0. The van der Waals surface area contributed by atoms with Gasteiger partial charge >= 0.3 is 176 Å². The van der Waals surface area contributed by atoms with Gasteiger partial charge < -0.3 is 0 Å². The van der Waals surface area contributed by atoms with Gasteiger partial charge in [0.25, 0.3) is 0 Å². The molecule has 0 aliphatic carbocycles. The molecule has 0 aromatic heterocycles. The first kappa shape index (κ1) is 26.9. The van der Waals surface area contributed by atoms with Crippen molar-refractivity contribution in [2.24, 2.45) is 0 Å². The Labute approximate surface area is 175 Å². The molecule has 0 saturated carbocycles. The number of unbranched alkanes of at least 4 members (excludes halogenated alkanes) is 9. The first-order valence-electron chi connectivity index (χ1n) is 11.4. The van der Waals surface area contributed by atoms with Gasteiger partial charge in [-0.3, -0.25) is 0 Å². The van der Waals surface area contributed by atoms with Crippen LogP contribution in [0.3, 0.4) is 0 Å². The standard InChI is InChI=1S/C24H52BrP/c1-11-12-13-14-15-16-17-18-19-20-21-26(25,22(2,3)4,23(5,6)7)24(8,9)10/h11-21H2,1-10H3. The van der Waals surface area contributed by atoms with Gasteiger partial charge in [0.05, 0.1) is 0 Å². The monoisotopic (exact) mass is 450 g/mol. The van der Waals surface area contributed by atoms with Crippen molar-refractivity contribution in [2.75, 3.05) is 6.16 Å². The van der Waals surface area contributed by atoms with Crippen LogP contribution in [0.15, 0.2) is 0 Å². The van der Waals surface area contributed by atoms with E-state index in [1.807, 2.05) is 0 Å². The van der Waals surface area contributed by atoms with Crippen molar-refractivity contribution in [1.29, 1.82) is 0 Å². The topological polar surface area (TPSA) is 0 Å². The number of rotatable bonds is 11. The van der Waals surface area contributed by atoms with Crippen LogP contribution in [0.25, 0.3) is 0 Å². The fraction of sp³-hybridized carbons (Fsp3) is 1.00. The third-order valence-electron chi connectivity index (χ3n) is 7.13. The average molecular weight is 452 g/mol. The minimum atomic E-state index is -2.18. The van der Waals surface area contributed by atoms with E-state index >= 15 is 0 Å². The van der Waals surface area contributed by atoms with E-state index in [1.165, 1.54) is 70.4 Å². The van der Waals surface area contributed by atoms with Crippen molar-refractivity contribution < 1.29 is 0 Å². The summed E-state index contributed by atoms with van der Waals surface area (Å²) < 4.78 is 0. The fourth-order valence-corrected chi connectivity index (χ4v) is 15.5. The first-order valence-corrected chi connectivity index (χ1v) is 15.8. The van der Waals surface area contributed by atoms with Crippen LogP contribution in [0.4, 0.5) is 0 Å². The predicted octanol–water partition coefficient (Wildman–Crippen LogP) is 10.2. The second kappa shape index (κ2) is 10.1. The van der Waals surface area contributed by atoms with Gasteiger partial charge in [-0.2, -0.15) is 0 Å². The van der Waals surface area contributed by atoms with Crippen molar-refractivity contribution in [1.82, 2.24) is 0 Å². The quantitative estimate of drug-likeness (QED) is 0.216. The van der Waals surface area contributed by atoms with E-state index in [9.17, 15) is 0 Å². The Morgan fingerprint density at radius 1 is 0.500 bits per heavy atom. The summed E-state index contributed by atoms with van der Waals surface area (Å²) in [7, 11) is 0. The second-order valence-corrected chi connectivity index (χ2v) is 23.1. The normalized spacial score (nSPS) is 15.7. The average Bonchev–Trinajstić information content (AvgIpc) is 2.45.